The summed E-state index contributed by atoms with van der Waals surface area (Å²) in [6, 6.07) is 7.22. The Morgan fingerprint density at radius 2 is 2.00 bits per heavy atom. The number of carbonyl (C=O) groups is 1. The van der Waals surface area contributed by atoms with Crippen molar-refractivity contribution in [1.29, 1.82) is 0 Å². The SMILES string of the molecule is CCOCCOC(=O)/C=C/c1ccc(N)cc1. The normalized spacial score (nSPS) is 10.6. The van der Waals surface area contributed by atoms with E-state index < -0.39 is 0 Å². The molecule has 17 heavy (non-hydrogen) atoms. The van der Waals surface area contributed by atoms with Crippen molar-refractivity contribution in [2.45, 2.75) is 6.92 Å². The van der Waals surface area contributed by atoms with Crippen LogP contribution in [0.5, 0.6) is 0 Å². The molecule has 0 bridgehead atoms. The first-order valence-corrected chi connectivity index (χ1v) is 5.50. The number of rotatable bonds is 6. The van der Waals surface area contributed by atoms with Crippen LogP contribution < -0.4 is 5.73 Å². The van der Waals surface area contributed by atoms with Crippen LogP contribution in [0.3, 0.4) is 0 Å². The van der Waals surface area contributed by atoms with Gasteiger partial charge in [-0.15, -0.1) is 0 Å². The molecule has 0 aromatic heterocycles. The molecule has 2 N–H and O–H groups in total. The molecule has 1 rings (SSSR count). The molecule has 0 radical (unpaired) electrons. The molecule has 1 aromatic carbocycles. The Labute approximate surface area is 101 Å². The number of anilines is 1. The van der Waals surface area contributed by atoms with Gasteiger partial charge in [0.25, 0.3) is 0 Å². The number of hydrogen-bond acceptors (Lipinski definition) is 4. The Morgan fingerprint density at radius 1 is 1.29 bits per heavy atom. The summed E-state index contributed by atoms with van der Waals surface area (Å²) in [5, 5.41) is 0. The molecular weight excluding hydrogens is 218 g/mol. The number of nitrogens with two attached hydrogens (primary N) is 1. The Bertz CT molecular complexity index is 371. The average Bonchev–Trinajstić information content (AvgIpc) is 2.34. The third kappa shape index (κ3) is 5.73. The second kappa shape index (κ2) is 7.46. The van der Waals surface area contributed by atoms with E-state index in [9.17, 15) is 4.79 Å². The third-order valence-corrected chi connectivity index (χ3v) is 2.02. The lowest BCUT2D eigenvalue weighted by atomic mass is 10.2. The first-order chi connectivity index (χ1) is 8.22. The zero-order valence-electron chi connectivity index (χ0n) is 9.89. The summed E-state index contributed by atoms with van der Waals surface area (Å²) in [5.74, 6) is -0.374. The maximum atomic E-state index is 11.3. The predicted octanol–water partition coefficient (Wildman–Crippen LogP) is 1.86. The number of carbonyl (C=O) groups excluding carboxylic acids is 1. The largest absolute Gasteiger partial charge is 0.460 e. The number of nitrogen functional groups attached to an aromatic ring is 1. The highest BCUT2D eigenvalue weighted by molar-refractivity contribution is 5.87. The molecule has 0 amide bonds. The van der Waals surface area contributed by atoms with E-state index >= 15 is 0 Å². The maximum absolute atomic E-state index is 11.3. The first kappa shape index (κ1) is 13.3. The van der Waals surface area contributed by atoms with Crippen molar-refractivity contribution in [2.75, 3.05) is 25.6 Å². The minimum atomic E-state index is -0.374. The standard InChI is InChI=1S/C13H17NO3/c1-2-16-9-10-17-13(15)8-5-11-3-6-12(14)7-4-11/h3-8H,2,9-10,14H2,1H3/b8-5+. The van der Waals surface area contributed by atoms with E-state index in [1.54, 1.807) is 18.2 Å². The van der Waals surface area contributed by atoms with Crippen LogP contribution in [0.25, 0.3) is 6.08 Å². The summed E-state index contributed by atoms with van der Waals surface area (Å²) < 4.78 is 9.96. The molecule has 0 saturated carbocycles. The minimum absolute atomic E-state index is 0.277. The van der Waals surface area contributed by atoms with E-state index in [0.29, 0.717) is 18.9 Å². The highest BCUT2D eigenvalue weighted by Gasteiger charge is 1.96. The van der Waals surface area contributed by atoms with Crippen molar-refractivity contribution in [3.63, 3.8) is 0 Å². The zero-order valence-corrected chi connectivity index (χ0v) is 9.89. The zero-order chi connectivity index (χ0) is 12.5. The van der Waals surface area contributed by atoms with E-state index in [4.69, 9.17) is 15.2 Å². The average molecular weight is 235 g/mol. The van der Waals surface area contributed by atoms with E-state index in [2.05, 4.69) is 0 Å². The fourth-order valence-corrected chi connectivity index (χ4v) is 1.17. The van der Waals surface area contributed by atoms with Crippen LogP contribution in [0, 0.1) is 0 Å². The van der Waals surface area contributed by atoms with Crippen molar-refractivity contribution in [2.24, 2.45) is 0 Å². The molecule has 0 saturated heterocycles. The molecule has 0 spiro atoms. The highest BCUT2D eigenvalue weighted by atomic mass is 16.6. The summed E-state index contributed by atoms with van der Waals surface area (Å²) in [5.41, 5.74) is 7.15. The second-order valence-electron chi connectivity index (χ2n) is 3.36. The van der Waals surface area contributed by atoms with Gasteiger partial charge >= 0.3 is 5.97 Å². The van der Waals surface area contributed by atoms with Gasteiger partial charge in [-0.25, -0.2) is 4.79 Å². The quantitative estimate of drug-likeness (QED) is 0.354. The molecule has 0 aliphatic heterocycles. The smallest absolute Gasteiger partial charge is 0.330 e. The van der Waals surface area contributed by atoms with Crippen LogP contribution in [0.15, 0.2) is 30.3 Å². The van der Waals surface area contributed by atoms with Gasteiger partial charge in [0.2, 0.25) is 0 Å². The lowest BCUT2D eigenvalue weighted by Crippen LogP contribution is -2.08. The summed E-state index contributed by atoms with van der Waals surface area (Å²) in [6.45, 7) is 3.22. The molecular formula is C13H17NO3. The van der Waals surface area contributed by atoms with Crippen molar-refractivity contribution < 1.29 is 14.3 Å². The van der Waals surface area contributed by atoms with Crippen LogP contribution in [0.1, 0.15) is 12.5 Å². The number of esters is 1. The Morgan fingerprint density at radius 3 is 2.65 bits per heavy atom. The van der Waals surface area contributed by atoms with Crippen molar-refractivity contribution in [3.8, 4) is 0 Å². The van der Waals surface area contributed by atoms with E-state index in [1.165, 1.54) is 6.08 Å². The van der Waals surface area contributed by atoms with Gasteiger partial charge in [0.15, 0.2) is 0 Å². The Balaban J connectivity index is 2.32. The number of benzene rings is 1. The van der Waals surface area contributed by atoms with Gasteiger partial charge in [-0.2, -0.15) is 0 Å². The lowest BCUT2D eigenvalue weighted by Gasteiger charge is -2.01. The maximum Gasteiger partial charge on any atom is 0.330 e. The number of ether oxygens (including phenoxy) is 2. The molecule has 4 heteroatoms. The molecule has 0 unspecified atom stereocenters. The van der Waals surface area contributed by atoms with Crippen molar-refractivity contribution in [1.82, 2.24) is 0 Å². The first-order valence-electron chi connectivity index (χ1n) is 5.50. The van der Waals surface area contributed by atoms with Crippen molar-refractivity contribution >= 4 is 17.7 Å². The molecule has 4 nitrogen and oxygen atoms in total. The molecule has 1 aromatic rings. The summed E-state index contributed by atoms with van der Waals surface area (Å²) in [6.07, 6.45) is 3.07. The lowest BCUT2D eigenvalue weighted by molar-refractivity contribution is -0.139. The van der Waals surface area contributed by atoms with Crippen LogP contribution in [0.2, 0.25) is 0 Å². The van der Waals surface area contributed by atoms with E-state index in [-0.39, 0.29) is 12.6 Å². The van der Waals surface area contributed by atoms with Crippen molar-refractivity contribution in [3.05, 3.63) is 35.9 Å². The van der Waals surface area contributed by atoms with E-state index in [0.717, 1.165) is 5.56 Å². The molecule has 0 heterocycles. The fourth-order valence-electron chi connectivity index (χ4n) is 1.17. The van der Waals surface area contributed by atoms with Gasteiger partial charge in [-0.05, 0) is 30.7 Å². The van der Waals surface area contributed by atoms with Crippen LogP contribution in [0.4, 0.5) is 5.69 Å². The fraction of sp³-hybridized carbons (Fsp3) is 0.308. The topological polar surface area (TPSA) is 61.5 Å². The highest BCUT2D eigenvalue weighted by Crippen LogP contribution is 2.06. The molecule has 0 aliphatic rings. The molecule has 0 atom stereocenters. The molecule has 92 valence electrons. The van der Waals surface area contributed by atoms with Gasteiger partial charge in [0, 0.05) is 18.4 Å². The number of hydrogen-bond donors (Lipinski definition) is 1. The van der Waals surface area contributed by atoms with Crippen LogP contribution >= 0.6 is 0 Å². The summed E-state index contributed by atoms with van der Waals surface area (Å²) in [7, 11) is 0. The van der Waals surface area contributed by atoms with Crippen LogP contribution in [-0.2, 0) is 14.3 Å². The van der Waals surface area contributed by atoms with Gasteiger partial charge in [0.05, 0.1) is 6.61 Å². The second-order valence-corrected chi connectivity index (χ2v) is 3.36. The minimum Gasteiger partial charge on any atom is -0.460 e. The van der Waals surface area contributed by atoms with E-state index in [1.807, 2.05) is 19.1 Å². The van der Waals surface area contributed by atoms with Gasteiger partial charge in [-0.1, -0.05) is 12.1 Å². The van der Waals surface area contributed by atoms with Gasteiger partial charge in [0.1, 0.15) is 6.61 Å². The van der Waals surface area contributed by atoms with Crippen LogP contribution in [-0.4, -0.2) is 25.8 Å². The molecule has 0 fully saturated rings. The summed E-state index contributed by atoms with van der Waals surface area (Å²) in [4.78, 5) is 11.3. The summed E-state index contributed by atoms with van der Waals surface area (Å²) >= 11 is 0. The monoisotopic (exact) mass is 235 g/mol. The van der Waals surface area contributed by atoms with Gasteiger partial charge < -0.3 is 15.2 Å². The third-order valence-electron chi connectivity index (χ3n) is 2.02. The Kier molecular flexibility index (Phi) is 5.82. The predicted molar refractivity (Wildman–Crippen MR) is 67.3 cm³/mol. The Hall–Kier alpha value is -1.81. The van der Waals surface area contributed by atoms with Gasteiger partial charge in [-0.3, -0.25) is 0 Å². The molecule has 0 aliphatic carbocycles.